The number of hydrogen-bond donors (Lipinski definition) is 0. The number of carbonyl (C=O) groups excluding carboxylic acids is 1. The van der Waals surface area contributed by atoms with E-state index in [9.17, 15) is 4.79 Å². The van der Waals surface area contributed by atoms with Gasteiger partial charge in [-0.25, -0.2) is 0 Å². The van der Waals surface area contributed by atoms with E-state index in [2.05, 4.69) is 9.56 Å². The van der Waals surface area contributed by atoms with Crippen LogP contribution in [-0.2, 0) is 16.1 Å². The molecule has 0 saturated carbocycles. The first-order valence-electron chi connectivity index (χ1n) is 5.15. The minimum atomic E-state index is -0.203. The molecule has 0 atom stereocenters. The van der Waals surface area contributed by atoms with Gasteiger partial charge in [-0.3, -0.25) is 9.79 Å². The first kappa shape index (κ1) is 9.96. The minimum absolute atomic E-state index is 0.203. The van der Waals surface area contributed by atoms with Gasteiger partial charge in [-0.05, 0) is 19.1 Å². The number of rotatable bonds is 3. The van der Waals surface area contributed by atoms with Gasteiger partial charge in [0.15, 0.2) is 0 Å². The van der Waals surface area contributed by atoms with Gasteiger partial charge >= 0.3 is 5.97 Å². The zero-order valence-corrected chi connectivity index (χ0v) is 8.77. The van der Waals surface area contributed by atoms with Crippen molar-refractivity contribution in [1.82, 2.24) is 4.57 Å². The van der Waals surface area contributed by atoms with E-state index >= 15 is 0 Å². The van der Waals surface area contributed by atoms with Gasteiger partial charge in [0.25, 0.3) is 0 Å². The van der Waals surface area contributed by atoms with Gasteiger partial charge in [-0.1, -0.05) is 0 Å². The molecule has 1 aromatic rings. The maximum Gasteiger partial charge on any atom is 0.311 e. The van der Waals surface area contributed by atoms with Gasteiger partial charge in [0.1, 0.15) is 0 Å². The summed E-state index contributed by atoms with van der Waals surface area (Å²) in [6, 6.07) is 3.96. The lowest BCUT2D eigenvalue weighted by molar-refractivity contribution is -0.141. The van der Waals surface area contributed by atoms with Crippen LogP contribution in [0.3, 0.4) is 0 Å². The molecule has 2 heterocycles. The fourth-order valence-corrected chi connectivity index (χ4v) is 1.74. The Morgan fingerprint density at radius 1 is 1.67 bits per heavy atom. The molecule has 2 rings (SSSR count). The number of carbonyl (C=O) groups is 1. The summed E-state index contributed by atoms with van der Waals surface area (Å²) >= 11 is 0. The molecule has 0 radical (unpaired) electrons. The predicted molar refractivity (Wildman–Crippen MR) is 57.1 cm³/mol. The minimum Gasteiger partial charge on any atom is -0.466 e. The number of nitrogens with zero attached hydrogens (tertiary/aromatic N) is 2. The smallest absolute Gasteiger partial charge is 0.311 e. The topological polar surface area (TPSA) is 43.6 Å². The molecule has 1 aromatic heterocycles. The maximum absolute atomic E-state index is 11.3. The maximum atomic E-state index is 11.3. The molecule has 80 valence electrons. The number of ether oxygens (including phenoxy) is 1. The average molecular weight is 206 g/mol. The quantitative estimate of drug-likeness (QED) is 0.698. The molecule has 0 N–H and O–H groups in total. The van der Waals surface area contributed by atoms with Crippen molar-refractivity contribution in [2.75, 3.05) is 13.2 Å². The van der Waals surface area contributed by atoms with Crippen LogP contribution in [0.25, 0.3) is 0 Å². The molecular formula is C11H14N2O2. The standard InChI is InChI=1S/C11H14N2O2/c1-2-15-11(14)8-9-10-4-3-6-13(10)7-5-12-9/h3-4,6H,2,5,7-8H2,1H3. The molecule has 0 bridgehead atoms. The van der Waals surface area contributed by atoms with Crippen LogP contribution in [0.2, 0.25) is 0 Å². The first-order valence-corrected chi connectivity index (χ1v) is 5.15. The highest BCUT2D eigenvalue weighted by Gasteiger charge is 2.16. The van der Waals surface area contributed by atoms with Gasteiger partial charge in [-0.2, -0.15) is 0 Å². The van der Waals surface area contributed by atoms with E-state index in [0.717, 1.165) is 24.5 Å². The van der Waals surface area contributed by atoms with Crippen LogP contribution in [-0.4, -0.2) is 29.4 Å². The Bertz CT molecular complexity index is 393. The van der Waals surface area contributed by atoms with Crippen molar-refractivity contribution in [3.63, 3.8) is 0 Å². The third-order valence-corrected chi connectivity index (χ3v) is 2.39. The normalized spacial score (nSPS) is 14.3. The van der Waals surface area contributed by atoms with Crippen molar-refractivity contribution < 1.29 is 9.53 Å². The zero-order valence-electron chi connectivity index (χ0n) is 8.77. The highest BCUT2D eigenvalue weighted by molar-refractivity contribution is 6.08. The Morgan fingerprint density at radius 2 is 2.53 bits per heavy atom. The largest absolute Gasteiger partial charge is 0.466 e. The molecular weight excluding hydrogens is 192 g/mol. The van der Waals surface area contributed by atoms with Crippen LogP contribution in [0.15, 0.2) is 23.3 Å². The summed E-state index contributed by atoms with van der Waals surface area (Å²) < 4.78 is 7.02. The van der Waals surface area contributed by atoms with E-state index in [1.54, 1.807) is 0 Å². The van der Waals surface area contributed by atoms with Crippen molar-refractivity contribution in [2.45, 2.75) is 19.9 Å². The Labute approximate surface area is 88.6 Å². The molecule has 0 saturated heterocycles. The molecule has 4 nitrogen and oxygen atoms in total. The molecule has 0 fully saturated rings. The molecule has 1 aliphatic heterocycles. The van der Waals surface area contributed by atoms with Crippen LogP contribution >= 0.6 is 0 Å². The first-order chi connectivity index (χ1) is 7.31. The highest BCUT2D eigenvalue weighted by atomic mass is 16.5. The third kappa shape index (κ3) is 2.09. The number of hydrogen-bond acceptors (Lipinski definition) is 3. The number of esters is 1. The SMILES string of the molecule is CCOC(=O)CC1=NCCn2cccc21. The average Bonchev–Trinajstić information content (AvgIpc) is 2.67. The molecule has 0 unspecified atom stereocenters. The van der Waals surface area contributed by atoms with E-state index in [1.165, 1.54) is 0 Å². The van der Waals surface area contributed by atoms with Crippen LogP contribution in [0, 0.1) is 0 Å². The van der Waals surface area contributed by atoms with Crippen molar-refractivity contribution in [1.29, 1.82) is 0 Å². The Balaban J connectivity index is 2.10. The second kappa shape index (κ2) is 4.29. The highest BCUT2D eigenvalue weighted by Crippen LogP contribution is 2.12. The summed E-state index contributed by atoms with van der Waals surface area (Å²) in [5, 5.41) is 0. The van der Waals surface area contributed by atoms with E-state index in [-0.39, 0.29) is 12.4 Å². The summed E-state index contributed by atoms with van der Waals surface area (Å²) in [4.78, 5) is 15.7. The Kier molecular flexibility index (Phi) is 2.85. The summed E-state index contributed by atoms with van der Waals surface area (Å²) in [6.07, 6.45) is 2.28. The zero-order chi connectivity index (χ0) is 10.7. The van der Waals surface area contributed by atoms with Gasteiger partial charge < -0.3 is 9.30 Å². The fourth-order valence-electron chi connectivity index (χ4n) is 1.74. The third-order valence-electron chi connectivity index (χ3n) is 2.39. The monoisotopic (exact) mass is 206 g/mol. The van der Waals surface area contributed by atoms with Gasteiger partial charge in [0.05, 0.1) is 31.0 Å². The van der Waals surface area contributed by atoms with E-state index in [4.69, 9.17) is 4.74 Å². The van der Waals surface area contributed by atoms with E-state index < -0.39 is 0 Å². The number of aromatic nitrogens is 1. The molecule has 15 heavy (non-hydrogen) atoms. The van der Waals surface area contributed by atoms with E-state index in [1.807, 2.05) is 25.3 Å². The van der Waals surface area contributed by atoms with Crippen LogP contribution in [0.5, 0.6) is 0 Å². The second-order valence-electron chi connectivity index (χ2n) is 3.40. The molecule has 0 amide bonds. The van der Waals surface area contributed by atoms with Crippen molar-refractivity contribution >= 4 is 11.7 Å². The van der Waals surface area contributed by atoms with Gasteiger partial charge in [-0.15, -0.1) is 0 Å². The predicted octanol–water partition coefficient (Wildman–Crippen LogP) is 1.24. The lowest BCUT2D eigenvalue weighted by atomic mass is 10.2. The molecule has 1 aliphatic rings. The summed E-state index contributed by atoms with van der Waals surface area (Å²) in [6.45, 7) is 3.88. The number of aliphatic imine (C=N–C) groups is 1. The van der Waals surface area contributed by atoms with E-state index in [0.29, 0.717) is 6.61 Å². The van der Waals surface area contributed by atoms with Crippen LogP contribution in [0.4, 0.5) is 0 Å². The second-order valence-corrected chi connectivity index (χ2v) is 3.40. The lowest BCUT2D eigenvalue weighted by Gasteiger charge is -2.15. The summed E-state index contributed by atoms with van der Waals surface area (Å²) in [7, 11) is 0. The van der Waals surface area contributed by atoms with Gasteiger partial charge in [0.2, 0.25) is 0 Å². The van der Waals surface area contributed by atoms with Crippen LogP contribution in [0.1, 0.15) is 19.0 Å². The molecule has 0 spiro atoms. The van der Waals surface area contributed by atoms with Crippen molar-refractivity contribution in [2.24, 2.45) is 4.99 Å². The van der Waals surface area contributed by atoms with Crippen molar-refractivity contribution in [3.8, 4) is 0 Å². The molecule has 0 aliphatic carbocycles. The Morgan fingerprint density at radius 3 is 3.33 bits per heavy atom. The molecule has 4 heteroatoms. The number of fused-ring (bicyclic) bond motifs is 1. The van der Waals surface area contributed by atoms with Gasteiger partial charge in [0, 0.05) is 12.7 Å². The Hall–Kier alpha value is -1.58. The summed E-state index contributed by atoms with van der Waals surface area (Å²) in [5.41, 5.74) is 1.87. The van der Waals surface area contributed by atoms with Crippen molar-refractivity contribution in [3.05, 3.63) is 24.0 Å². The molecule has 0 aromatic carbocycles. The summed E-state index contributed by atoms with van der Waals surface area (Å²) in [5.74, 6) is -0.203. The fraction of sp³-hybridized carbons (Fsp3) is 0.455. The van der Waals surface area contributed by atoms with Crippen LogP contribution < -0.4 is 0 Å². The lowest BCUT2D eigenvalue weighted by Crippen LogP contribution is -2.21.